The van der Waals surface area contributed by atoms with Gasteiger partial charge in [-0.05, 0) is 50.5 Å². The summed E-state index contributed by atoms with van der Waals surface area (Å²) in [4.78, 5) is 21.7. The average molecular weight is 448 g/mol. The molecule has 0 saturated heterocycles. The van der Waals surface area contributed by atoms with E-state index in [9.17, 15) is 17.6 Å². The second-order valence-corrected chi connectivity index (χ2v) is 9.79. The van der Waals surface area contributed by atoms with Gasteiger partial charge in [-0.2, -0.15) is 4.98 Å². The molecule has 166 valence electrons. The highest BCUT2D eigenvalue weighted by Gasteiger charge is 2.24. The van der Waals surface area contributed by atoms with Crippen molar-refractivity contribution < 1.29 is 22.3 Å². The van der Waals surface area contributed by atoms with Gasteiger partial charge in [-0.3, -0.25) is 4.79 Å². The Morgan fingerprint density at radius 2 is 2.03 bits per heavy atom. The molecule has 0 aliphatic heterocycles. The van der Waals surface area contributed by atoms with Crippen molar-refractivity contribution in [3.63, 3.8) is 0 Å². The molecule has 1 unspecified atom stereocenters. The zero-order chi connectivity index (χ0) is 22.6. The molecule has 1 aliphatic carbocycles. The van der Waals surface area contributed by atoms with Crippen molar-refractivity contribution in [2.75, 3.05) is 6.26 Å². The van der Waals surface area contributed by atoms with E-state index < -0.39 is 21.8 Å². The number of hydrogen-bond donors (Lipinski definition) is 1. The van der Waals surface area contributed by atoms with Crippen LogP contribution in [0.25, 0.3) is 0 Å². The summed E-state index contributed by atoms with van der Waals surface area (Å²) in [6.45, 7) is 3.27. The summed E-state index contributed by atoms with van der Waals surface area (Å²) in [5.41, 5.74) is 0.524. The highest BCUT2D eigenvalue weighted by Crippen LogP contribution is 2.34. The molecule has 1 aliphatic rings. The number of amides is 1. The number of sulfone groups is 1. The Kier molecular flexibility index (Phi) is 7.04. The molecule has 0 spiro atoms. The summed E-state index contributed by atoms with van der Waals surface area (Å²) in [6, 6.07) is 3.75. The molecule has 1 heterocycles. The molecule has 0 bridgehead atoms. The Hall–Kier alpha value is -2.81. The van der Waals surface area contributed by atoms with Crippen LogP contribution in [0.3, 0.4) is 0 Å². The maximum Gasteiger partial charge on any atom is 0.258 e. The molecular formula is C22H26FN3O4S. The molecule has 1 atom stereocenters. The Morgan fingerprint density at radius 3 is 2.68 bits per heavy atom. The van der Waals surface area contributed by atoms with Gasteiger partial charge < -0.3 is 10.1 Å². The minimum Gasteiger partial charge on any atom is -0.438 e. The van der Waals surface area contributed by atoms with E-state index in [0.717, 1.165) is 37.3 Å². The van der Waals surface area contributed by atoms with E-state index in [4.69, 9.17) is 4.74 Å². The van der Waals surface area contributed by atoms with E-state index in [1.165, 1.54) is 30.5 Å². The van der Waals surface area contributed by atoms with Gasteiger partial charge in [-0.1, -0.05) is 18.9 Å². The van der Waals surface area contributed by atoms with Gasteiger partial charge in [0.15, 0.2) is 9.84 Å². The lowest BCUT2D eigenvalue weighted by atomic mass is 10.1. The van der Waals surface area contributed by atoms with E-state index in [-0.39, 0.29) is 23.2 Å². The van der Waals surface area contributed by atoms with Gasteiger partial charge in [0.1, 0.15) is 23.0 Å². The summed E-state index contributed by atoms with van der Waals surface area (Å²) in [7, 11) is -3.30. The molecular weight excluding hydrogens is 421 g/mol. The lowest BCUT2D eigenvalue weighted by molar-refractivity contribution is 0.0943. The Morgan fingerprint density at radius 1 is 1.32 bits per heavy atom. The molecule has 31 heavy (non-hydrogen) atoms. The predicted octanol–water partition coefficient (Wildman–Crippen LogP) is 4.05. The standard InChI is InChI=1S/C22H26FN3O4S/c1-14-12-17(8-9-19(14)23)30-22-18(13-24-20(26-22)16-6-4-5-7-16)21(27)25-15(2)10-11-31(3,28)29/h8-13,15-16H,4-7H2,1-3H3,(H,25,27)/b11-10+. The number of halogens is 1. The third-order valence-electron chi connectivity index (χ3n) is 5.05. The zero-order valence-electron chi connectivity index (χ0n) is 17.8. The van der Waals surface area contributed by atoms with Crippen LogP contribution in [-0.2, 0) is 9.84 Å². The first-order chi connectivity index (χ1) is 14.6. The molecule has 1 aromatic heterocycles. The molecule has 0 radical (unpaired) electrons. The number of carbonyl (C=O) groups excluding carboxylic acids is 1. The Balaban J connectivity index is 1.89. The fourth-order valence-corrected chi connectivity index (χ4v) is 3.90. The first-order valence-corrected chi connectivity index (χ1v) is 12.1. The number of hydrogen-bond acceptors (Lipinski definition) is 6. The molecule has 1 amide bonds. The van der Waals surface area contributed by atoms with Crippen molar-refractivity contribution in [2.45, 2.75) is 51.5 Å². The number of aryl methyl sites for hydroxylation is 1. The molecule has 1 saturated carbocycles. The molecule has 2 aromatic rings. The van der Waals surface area contributed by atoms with Gasteiger partial charge in [-0.25, -0.2) is 17.8 Å². The lowest BCUT2D eigenvalue weighted by Gasteiger charge is -2.15. The second kappa shape index (κ2) is 9.55. The van der Waals surface area contributed by atoms with Crippen LogP contribution in [-0.4, -0.2) is 36.6 Å². The van der Waals surface area contributed by atoms with Crippen molar-refractivity contribution in [1.82, 2.24) is 15.3 Å². The van der Waals surface area contributed by atoms with Crippen LogP contribution >= 0.6 is 0 Å². The fraction of sp³-hybridized carbons (Fsp3) is 0.409. The van der Waals surface area contributed by atoms with Crippen LogP contribution in [0.2, 0.25) is 0 Å². The van der Waals surface area contributed by atoms with E-state index >= 15 is 0 Å². The topological polar surface area (TPSA) is 98.2 Å². The lowest BCUT2D eigenvalue weighted by Crippen LogP contribution is -2.31. The number of benzene rings is 1. The highest BCUT2D eigenvalue weighted by molar-refractivity contribution is 7.93. The van der Waals surface area contributed by atoms with Crippen molar-refractivity contribution >= 4 is 15.7 Å². The van der Waals surface area contributed by atoms with E-state index in [0.29, 0.717) is 17.1 Å². The number of nitrogens with zero attached hydrogens (tertiary/aromatic N) is 2. The van der Waals surface area contributed by atoms with Crippen LogP contribution in [0.15, 0.2) is 35.9 Å². The molecule has 3 rings (SSSR count). The zero-order valence-corrected chi connectivity index (χ0v) is 18.6. The van der Waals surface area contributed by atoms with Crippen LogP contribution in [0.5, 0.6) is 11.6 Å². The first kappa shape index (κ1) is 22.9. The van der Waals surface area contributed by atoms with Crippen molar-refractivity contribution in [2.24, 2.45) is 0 Å². The SMILES string of the molecule is Cc1cc(Oc2nc(C3CCCC3)ncc2C(=O)NC(C)/C=C/S(C)(=O)=O)ccc1F. The van der Waals surface area contributed by atoms with E-state index in [1.807, 2.05) is 0 Å². The maximum atomic E-state index is 13.6. The van der Waals surface area contributed by atoms with E-state index in [1.54, 1.807) is 13.8 Å². The number of aromatic nitrogens is 2. The fourth-order valence-electron chi connectivity index (χ4n) is 3.38. The quantitative estimate of drug-likeness (QED) is 0.688. The minimum absolute atomic E-state index is 0.0831. The summed E-state index contributed by atoms with van der Waals surface area (Å²) in [5, 5.41) is 3.73. The monoisotopic (exact) mass is 447 g/mol. The van der Waals surface area contributed by atoms with Gasteiger partial charge in [0.25, 0.3) is 5.91 Å². The summed E-state index contributed by atoms with van der Waals surface area (Å²) in [6.07, 6.45) is 8.05. The van der Waals surface area contributed by atoms with Crippen LogP contribution in [0, 0.1) is 12.7 Å². The summed E-state index contributed by atoms with van der Waals surface area (Å²) < 4.78 is 42.1. The number of ether oxygens (including phenoxy) is 1. The smallest absolute Gasteiger partial charge is 0.258 e. The Labute approximate surface area is 181 Å². The first-order valence-electron chi connectivity index (χ1n) is 10.1. The van der Waals surface area contributed by atoms with Crippen molar-refractivity contribution in [3.8, 4) is 11.6 Å². The third kappa shape index (κ3) is 6.33. The van der Waals surface area contributed by atoms with E-state index in [2.05, 4.69) is 15.3 Å². The van der Waals surface area contributed by atoms with Crippen LogP contribution in [0.4, 0.5) is 4.39 Å². The average Bonchev–Trinajstić information content (AvgIpc) is 3.23. The van der Waals surface area contributed by atoms with Gasteiger partial charge in [0, 0.05) is 29.8 Å². The van der Waals surface area contributed by atoms with Crippen LogP contribution < -0.4 is 10.1 Å². The third-order valence-corrected chi connectivity index (χ3v) is 5.71. The molecule has 9 heteroatoms. The van der Waals surface area contributed by atoms with Gasteiger partial charge in [0.2, 0.25) is 5.88 Å². The number of carbonyl (C=O) groups is 1. The molecule has 1 aromatic carbocycles. The molecule has 1 N–H and O–H groups in total. The largest absolute Gasteiger partial charge is 0.438 e. The Bertz CT molecular complexity index is 1100. The van der Waals surface area contributed by atoms with Crippen molar-refractivity contribution in [3.05, 3.63) is 58.6 Å². The maximum absolute atomic E-state index is 13.6. The second-order valence-electron chi connectivity index (χ2n) is 7.86. The van der Waals surface area contributed by atoms with Gasteiger partial charge in [0.05, 0.1) is 0 Å². The molecule has 1 fully saturated rings. The minimum atomic E-state index is -3.30. The molecule has 7 nitrogen and oxygen atoms in total. The number of rotatable bonds is 7. The van der Waals surface area contributed by atoms with Crippen LogP contribution in [0.1, 0.15) is 60.3 Å². The number of nitrogens with one attached hydrogen (secondary N) is 1. The summed E-state index contributed by atoms with van der Waals surface area (Å²) in [5.74, 6) is 0.413. The normalized spacial score (nSPS) is 15.9. The predicted molar refractivity (Wildman–Crippen MR) is 115 cm³/mol. The van der Waals surface area contributed by atoms with Gasteiger partial charge >= 0.3 is 0 Å². The summed E-state index contributed by atoms with van der Waals surface area (Å²) >= 11 is 0. The van der Waals surface area contributed by atoms with Crippen molar-refractivity contribution in [1.29, 1.82) is 0 Å². The van der Waals surface area contributed by atoms with Gasteiger partial charge in [-0.15, -0.1) is 0 Å². The highest BCUT2D eigenvalue weighted by atomic mass is 32.2.